The van der Waals surface area contributed by atoms with Crippen molar-refractivity contribution in [3.63, 3.8) is 0 Å². The van der Waals surface area contributed by atoms with Crippen LogP contribution in [-0.4, -0.2) is 37.6 Å². The number of anilines is 1. The second-order valence-corrected chi connectivity index (χ2v) is 8.89. The van der Waals surface area contributed by atoms with Gasteiger partial charge in [0.25, 0.3) is 0 Å². The van der Waals surface area contributed by atoms with E-state index >= 15 is 0 Å². The van der Waals surface area contributed by atoms with Crippen molar-refractivity contribution >= 4 is 5.69 Å². The zero-order valence-corrected chi connectivity index (χ0v) is 16.2. The number of rotatable bonds is 3. The Bertz CT molecular complexity index is 515. The molecule has 1 saturated heterocycles. The molecular formula is C22H36N2. The van der Waals surface area contributed by atoms with Crippen molar-refractivity contribution in [1.82, 2.24) is 4.90 Å². The number of hydrogen-bond donors (Lipinski definition) is 0. The standard InChI is InChI=1S/C22H36N2/c1-5-23-14-16-24(17-15-23)21-9-7-6-8-20(21)18-10-12-19(13-11-18)22(2,3)4/h6-9,18-19H,5,10-17H2,1-4H3. The summed E-state index contributed by atoms with van der Waals surface area (Å²) in [4.78, 5) is 5.20. The lowest BCUT2D eigenvalue weighted by atomic mass is 9.68. The fourth-order valence-corrected chi connectivity index (χ4v) is 4.70. The van der Waals surface area contributed by atoms with Crippen molar-refractivity contribution in [3.8, 4) is 0 Å². The number of nitrogens with zero attached hydrogens (tertiary/aromatic N) is 2. The third-order valence-corrected chi connectivity index (χ3v) is 6.49. The van der Waals surface area contributed by atoms with Crippen LogP contribution in [0, 0.1) is 11.3 Å². The highest BCUT2D eigenvalue weighted by atomic mass is 15.3. The zero-order chi connectivity index (χ0) is 17.2. The van der Waals surface area contributed by atoms with Crippen LogP contribution in [-0.2, 0) is 0 Å². The van der Waals surface area contributed by atoms with E-state index in [9.17, 15) is 0 Å². The second kappa shape index (κ2) is 7.47. The summed E-state index contributed by atoms with van der Waals surface area (Å²) in [5.74, 6) is 1.66. The Kier molecular flexibility index (Phi) is 5.54. The van der Waals surface area contributed by atoms with Crippen LogP contribution in [0.4, 0.5) is 5.69 Å². The van der Waals surface area contributed by atoms with Crippen LogP contribution in [0.15, 0.2) is 24.3 Å². The van der Waals surface area contributed by atoms with Crippen molar-refractivity contribution in [2.24, 2.45) is 11.3 Å². The number of benzene rings is 1. The molecule has 0 atom stereocenters. The van der Waals surface area contributed by atoms with E-state index in [-0.39, 0.29) is 0 Å². The van der Waals surface area contributed by atoms with Crippen LogP contribution in [0.2, 0.25) is 0 Å². The summed E-state index contributed by atoms with van der Waals surface area (Å²) >= 11 is 0. The summed E-state index contributed by atoms with van der Waals surface area (Å²) in [6.45, 7) is 15.5. The first kappa shape index (κ1) is 17.8. The molecule has 0 aromatic heterocycles. The molecule has 2 heteroatoms. The van der Waals surface area contributed by atoms with Crippen molar-refractivity contribution in [2.75, 3.05) is 37.6 Å². The highest BCUT2D eigenvalue weighted by molar-refractivity contribution is 5.55. The van der Waals surface area contributed by atoms with Gasteiger partial charge in [-0.1, -0.05) is 45.9 Å². The molecule has 2 aliphatic rings. The molecule has 1 aromatic carbocycles. The predicted octanol–water partition coefficient (Wildman–Crippen LogP) is 5.15. The van der Waals surface area contributed by atoms with Crippen molar-refractivity contribution in [3.05, 3.63) is 29.8 Å². The van der Waals surface area contributed by atoms with E-state index < -0.39 is 0 Å². The summed E-state index contributed by atoms with van der Waals surface area (Å²) in [6, 6.07) is 9.25. The van der Waals surface area contributed by atoms with E-state index in [0.717, 1.165) is 11.8 Å². The Morgan fingerprint density at radius 3 is 2.12 bits per heavy atom. The third kappa shape index (κ3) is 3.96. The molecule has 1 heterocycles. The van der Waals surface area contributed by atoms with Crippen LogP contribution in [0.3, 0.4) is 0 Å². The molecule has 1 saturated carbocycles. The van der Waals surface area contributed by atoms with Gasteiger partial charge in [-0.15, -0.1) is 0 Å². The Balaban J connectivity index is 1.69. The predicted molar refractivity (Wildman–Crippen MR) is 105 cm³/mol. The van der Waals surface area contributed by atoms with Crippen LogP contribution >= 0.6 is 0 Å². The van der Waals surface area contributed by atoms with Crippen LogP contribution in [0.25, 0.3) is 0 Å². The van der Waals surface area contributed by atoms with E-state index in [2.05, 4.69) is 61.8 Å². The smallest absolute Gasteiger partial charge is 0.0402 e. The molecule has 0 amide bonds. The molecule has 3 rings (SSSR count). The van der Waals surface area contributed by atoms with E-state index in [1.165, 1.54) is 64.1 Å². The van der Waals surface area contributed by atoms with Gasteiger partial charge in [-0.3, -0.25) is 0 Å². The third-order valence-electron chi connectivity index (χ3n) is 6.49. The molecule has 0 spiro atoms. The summed E-state index contributed by atoms with van der Waals surface area (Å²) in [5, 5.41) is 0. The average Bonchev–Trinajstić information content (AvgIpc) is 2.61. The Labute approximate surface area is 149 Å². The van der Waals surface area contributed by atoms with Gasteiger partial charge >= 0.3 is 0 Å². The Morgan fingerprint density at radius 2 is 1.54 bits per heavy atom. The second-order valence-electron chi connectivity index (χ2n) is 8.89. The van der Waals surface area contributed by atoms with E-state index in [1.54, 1.807) is 5.56 Å². The van der Waals surface area contributed by atoms with E-state index in [1.807, 2.05) is 0 Å². The summed E-state index contributed by atoms with van der Waals surface area (Å²) in [7, 11) is 0. The monoisotopic (exact) mass is 328 g/mol. The van der Waals surface area contributed by atoms with Crippen molar-refractivity contribution < 1.29 is 0 Å². The van der Waals surface area contributed by atoms with Crippen LogP contribution in [0.5, 0.6) is 0 Å². The van der Waals surface area contributed by atoms with Crippen LogP contribution < -0.4 is 4.90 Å². The Hall–Kier alpha value is -1.02. The number of para-hydroxylation sites is 1. The topological polar surface area (TPSA) is 6.48 Å². The minimum atomic E-state index is 0.473. The number of piperazine rings is 1. The van der Waals surface area contributed by atoms with E-state index in [0.29, 0.717) is 5.41 Å². The summed E-state index contributed by atoms with van der Waals surface area (Å²) in [6.07, 6.45) is 5.53. The van der Waals surface area contributed by atoms with Gasteiger partial charge in [0, 0.05) is 31.9 Å². The maximum atomic E-state index is 2.64. The molecule has 2 nitrogen and oxygen atoms in total. The van der Waals surface area contributed by atoms with Gasteiger partial charge in [0.05, 0.1) is 0 Å². The highest BCUT2D eigenvalue weighted by Gasteiger charge is 2.31. The molecule has 2 fully saturated rings. The average molecular weight is 329 g/mol. The normalized spacial score (nSPS) is 26.6. The maximum Gasteiger partial charge on any atom is 0.0402 e. The molecule has 0 unspecified atom stereocenters. The fraction of sp³-hybridized carbons (Fsp3) is 0.727. The van der Waals surface area contributed by atoms with Crippen LogP contribution in [0.1, 0.15) is 64.9 Å². The molecule has 0 N–H and O–H groups in total. The largest absolute Gasteiger partial charge is 0.369 e. The lowest BCUT2D eigenvalue weighted by Crippen LogP contribution is -2.46. The summed E-state index contributed by atoms with van der Waals surface area (Å²) in [5.41, 5.74) is 3.61. The number of likely N-dealkylation sites (N-methyl/N-ethyl adjacent to an activating group) is 1. The lowest BCUT2D eigenvalue weighted by molar-refractivity contribution is 0.169. The van der Waals surface area contributed by atoms with Gasteiger partial charge in [-0.05, 0) is 61.1 Å². The lowest BCUT2D eigenvalue weighted by Gasteiger charge is -2.40. The van der Waals surface area contributed by atoms with Gasteiger partial charge in [0.2, 0.25) is 0 Å². The van der Waals surface area contributed by atoms with Gasteiger partial charge in [0.15, 0.2) is 0 Å². The van der Waals surface area contributed by atoms with Gasteiger partial charge in [0.1, 0.15) is 0 Å². The highest BCUT2D eigenvalue weighted by Crippen LogP contribution is 2.45. The van der Waals surface area contributed by atoms with Gasteiger partial charge in [-0.2, -0.15) is 0 Å². The first-order chi connectivity index (χ1) is 11.5. The molecule has 134 valence electrons. The molecule has 1 aromatic rings. The molecule has 0 radical (unpaired) electrons. The molecule has 1 aliphatic heterocycles. The first-order valence-corrected chi connectivity index (χ1v) is 10.0. The first-order valence-electron chi connectivity index (χ1n) is 10.0. The minimum absolute atomic E-state index is 0.473. The van der Waals surface area contributed by atoms with Gasteiger partial charge < -0.3 is 9.80 Å². The summed E-state index contributed by atoms with van der Waals surface area (Å²) < 4.78 is 0. The molecular weight excluding hydrogens is 292 g/mol. The maximum absolute atomic E-state index is 2.64. The van der Waals surface area contributed by atoms with Crippen molar-refractivity contribution in [1.29, 1.82) is 0 Å². The molecule has 24 heavy (non-hydrogen) atoms. The molecule has 1 aliphatic carbocycles. The SMILES string of the molecule is CCN1CCN(c2ccccc2C2CCC(C(C)(C)C)CC2)CC1. The quantitative estimate of drug-likeness (QED) is 0.757. The number of hydrogen-bond acceptors (Lipinski definition) is 2. The van der Waals surface area contributed by atoms with Crippen molar-refractivity contribution in [2.45, 2.75) is 59.3 Å². The fourth-order valence-electron chi connectivity index (χ4n) is 4.70. The Morgan fingerprint density at radius 1 is 0.917 bits per heavy atom. The molecule has 0 bridgehead atoms. The minimum Gasteiger partial charge on any atom is -0.369 e. The van der Waals surface area contributed by atoms with E-state index in [4.69, 9.17) is 0 Å². The van der Waals surface area contributed by atoms with Gasteiger partial charge in [-0.25, -0.2) is 0 Å². The zero-order valence-electron chi connectivity index (χ0n) is 16.2.